The maximum absolute atomic E-state index is 13.8. The van der Waals surface area contributed by atoms with Crippen molar-refractivity contribution in [3.8, 4) is 22.8 Å². The van der Waals surface area contributed by atoms with Crippen LogP contribution in [0.4, 0.5) is 29.1 Å². The molecular formula is C26H20F4N6. The average molecular weight is 492 g/mol. The van der Waals surface area contributed by atoms with E-state index < -0.39 is 17.7 Å². The number of alkyl halides is 3. The lowest BCUT2D eigenvalue weighted by molar-refractivity contribution is -0.140. The first-order chi connectivity index (χ1) is 17.2. The van der Waals surface area contributed by atoms with Crippen LogP contribution in [-0.2, 0) is 32.6 Å². The molecule has 0 fully saturated rings. The van der Waals surface area contributed by atoms with Gasteiger partial charge < -0.3 is 9.88 Å². The summed E-state index contributed by atoms with van der Waals surface area (Å²) in [4.78, 5) is 16.3. The Balaban J connectivity index is 1.37. The van der Waals surface area contributed by atoms with Crippen LogP contribution >= 0.6 is 0 Å². The van der Waals surface area contributed by atoms with Gasteiger partial charge in [-0.25, -0.2) is 24.2 Å². The summed E-state index contributed by atoms with van der Waals surface area (Å²) >= 11 is 0. The minimum absolute atomic E-state index is 0.0822. The van der Waals surface area contributed by atoms with Crippen LogP contribution < -0.4 is 5.32 Å². The molecule has 2 aromatic carbocycles. The number of nitrogens with zero attached hydrogens (tertiary/aromatic N) is 5. The highest BCUT2D eigenvalue weighted by atomic mass is 19.4. The minimum atomic E-state index is -4.50. The molecule has 1 N–H and O–H groups in total. The van der Waals surface area contributed by atoms with Crippen LogP contribution in [0.5, 0.6) is 0 Å². The van der Waals surface area contributed by atoms with Crippen molar-refractivity contribution >= 4 is 11.5 Å². The number of anilines is 1. The summed E-state index contributed by atoms with van der Waals surface area (Å²) in [6.07, 6.45) is -0.914. The molecular weight excluding hydrogens is 472 g/mol. The van der Waals surface area contributed by atoms with Gasteiger partial charge in [0, 0.05) is 42.2 Å². The van der Waals surface area contributed by atoms with E-state index in [1.54, 1.807) is 18.2 Å². The smallest absolute Gasteiger partial charge is 0.366 e. The summed E-state index contributed by atoms with van der Waals surface area (Å²) in [5.74, 6) is 0.757. The van der Waals surface area contributed by atoms with Gasteiger partial charge in [0.1, 0.15) is 17.5 Å². The molecule has 0 atom stereocenters. The van der Waals surface area contributed by atoms with Gasteiger partial charge in [-0.1, -0.05) is 30.3 Å². The van der Waals surface area contributed by atoms with Gasteiger partial charge in [-0.15, -0.1) is 0 Å². The van der Waals surface area contributed by atoms with Crippen molar-refractivity contribution < 1.29 is 17.6 Å². The second-order valence-corrected chi connectivity index (χ2v) is 8.56. The molecule has 4 aromatic rings. The minimum Gasteiger partial charge on any atom is -0.366 e. The molecule has 0 amide bonds. The zero-order chi connectivity index (χ0) is 25.4. The Morgan fingerprint density at radius 2 is 1.78 bits per heavy atom. The lowest BCUT2D eigenvalue weighted by Gasteiger charge is -2.13. The number of hydrogen-bond donors (Lipinski definition) is 1. The topological polar surface area (TPSA) is 60.0 Å². The standard InChI is InChI=1S/C26H20F4N6/c1-31-21-12-17(10-11-19(21)27)23-33-20-5-3-4-18(20)24(35-23)32-13-15-6-8-16(9-7-15)25-34-22(14-36(25)2)26(28,29)30/h6-12,14H,3-5,13H2,2H3,(H,32,33,35). The van der Waals surface area contributed by atoms with Crippen molar-refractivity contribution in [1.29, 1.82) is 0 Å². The van der Waals surface area contributed by atoms with E-state index in [9.17, 15) is 17.6 Å². The molecule has 0 saturated heterocycles. The molecule has 1 aliphatic carbocycles. The van der Waals surface area contributed by atoms with E-state index in [0.29, 0.717) is 29.3 Å². The Morgan fingerprint density at radius 3 is 2.47 bits per heavy atom. The summed E-state index contributed by atoms with van der Waals surface area (Å²) < 4.78 is 54.1. The zero-order valence-electron chi connectivity index (χ0n) is 19.2. The van der Waals surface area contributed by atoms with Crippen molar-refractivity contribution in [3.63, 3.8) is 0 Å². The van der Waals surface area contributed by atoms with E-state index in [1.807, 2.05) is 12.1 Å². The van der Waals surface area contributed by atoms with Gasteiger partial charge in [-0.05, 0) is 37.0 Å². The van der Waals surface area contributed by atoms with Crippen molar-refractivity contribution in [2.24, 2.45) is 7.05 Å². The number of halogens is 4. The van der Waals surface area contributed by atoms with Crippen molar-refractivity contribution in [3.05, 3.63) is 88.4 Å². The Labute approximate surface area is 204 Å². The fraction of sp³-hybridized carbons (Fsp3) is 0.231. The lowest BCUT2D eigenvalue weighted by atomic mass is 10.1. The van der Waals surface area contributed by atoms with Gasteiger partial charge in [0.05, 0.1) is 6.57 Å². The van der Waals surface area contributed by atoms with Crippen molar-refractivity contribution in [2.75, 3.05) is 5.32 Å². The molecule has 182 valence electrons. The van der Waals surface area contributed by atoms with Crippen LogP contribution in [-0.4, -0.2) is 19.5 Å². The van der Waals surface area contributed by atoms with Crippen LogP contribution in [0.15, 0.2) is 48.7 Å². The fourth-order valence-corrected chi connectivity index (χ4v) is 4.27. The van der Waals surface area contributed by atoms with Gasteiger partial charge in [-0.3, -0.25) is 0 Å². The van der Waals surface area contributed by atoms with E-state index in [2.05, 4.69) is 25.1 Å². The maximum Gasteiger partial charge on any atom is 0.434 e. The Morgan fingerprint density at radius 1 is 1.03 bits per heavy atom. The Bertz CT molecular complexity index is 1480. The third kappa shape index (κ3) is 4.52. The zero-order valence-corrected chi connectivity index (χ0v) is 19.2. The molecule has 6 nitrogen and oxygen atoms in total. The predicted molar refractivity (Wildman–Crippen MR) is 127 cm³/mol. The molecule has 5 rings (SSSR count). The molecule has 0 bridgehead atoms. The number of imidazole rings is 1. The molecule has 0 saturated carbocycles. The van der Waals surface area contributed by atoms with Gasteiger partial charge >= 0.3 is 6.18 Å². The third-order valence-corrected chi connectivity index (χ3v) is 6.10. The highest BCUT2D eigenvalue weighted by Gasteiger charge is 2.34. The number of rotatable bonds is 5. The molecule has 0 aliphatic heterocycles. The quantitative estimate of drug-likeness (QED) is 0.260. The second kappa shape index (κ2) is 9.07. The van der Waals surface area contributed by atoms with E-state index in [0.717, 1.165) is 42.3 Å². The van der Waals surface area contributed by atoms with Crippen LogP contribution in [0.25, 0.3) is 27.6 Å². The molecule has 0 unspecified atom stereocenters. The van der Waals surface area contributed by atoms with Crippen LogP contribution in [0.2, 0.25) is 0 Å². The van der Waals surface area contributed by atoms with Crippen molar-refractivity contribution in [2.45, 2.75) is 32.0 Å². The van der Waals surface area contributed by atoms with Crippen LogP contribution in [0.1, 0.15) is 28.9 Å². The molecule has 36 heavy (non-hydrogen) atoms. The lowest BCUT2D eigenvalue weighted by Crippen LogP contribution is -2.07. The van der Waals surface area contributed by atoms with Gasteiger partial charge in [0.25, 0.3) is 0 Å². The Hall–Kier alpha value is -4.26. The number of hydrogen-bond acceptors (Lipinski definition) is 4. The number of nitrogens with one attached hydrogen (secondary N) is 1. The summed E-state index contributed by atoms with van der Waals surface area (Å²) in [6, 6.07) is 11.4. The summed E-state index contributed by atoms with van der Waals surface area (Å²) in [6.45, 7) is 7.60. The highest BCUT2D eigenvalue weighted by molar-refractivity contribution is 5.66. The monoisotopic (exact) mass is 492 g/mol. The third-order valence-electron chi connectivity index (χ3n) is 6.10. The SMILES string of the molecule is [C-]#[N+]c1cc(-c2nc3c(c(NCc4ccc(-c5nc(C(F)(F)F)cn5C)cc4)n2)CCC3)ccc1F. The first-order valence-corrected chi connectivity index (χ1v) is 11.2. The molecule has 0 radical (unpaired) electrons. The summed E-state index contributed by atoms with van der Waals surface area (Å²) in [5.41, 5.74) is 3.02. The van der Waals surface area contributed by atoms with Crippen LogP contribution in [0, 0.1) is 12.4 Å². The molecule has 1 aliphatic rings. The highest BCUT2D eigenvalue weighted by Crippen LogP contribution is 2.32. The first-order valence-electron chi connectivity index (χ1n) is 11.2. The van der Waals surface area contributed by atoms with Gasteiger partial charge in [-0.2, -0.15) is 13.2 Å². The fourth-order valence-electron chi connectivity index (χ4n) is 4.27. The van der Waals surface area contributed by atoms with E-state index >= 15 is 0 Å². The van der Waals surface area contributed by atoms with E-state index in [1.165, 1.54) is 23.7 Å². The normalized spacial score (nSPS) is 12.9. The predicted octanol–water partition coefficient (Wildman–Crippen LogP) is 6.35. The van der Waals surface area contributed by atoms with Gasteiger partial charge in [0.2, 0.25) is 5.69 Å². The largest absolute Gasteiger partial charge is 0.434 e. The number of fused-ring (bicyclic) bond motifs is 1. The van der Waals surface area contributed by atoms with Gasteiger partial charge in [0.15, 0.2) is 11.5 Å². The molecule has 2 heterocycles. The van der Waals surface area contributed by atoms with Crippen LogP contribution in [0.3, 0.4) is 0 Å². The first kappa shape index (κ1) is 23.5. The van der Waals surface area contributed by atoms with E-state index in [-0.39, 0.29) is 11.5 Å². The van der Waals surface area contributed by atoms with E-state index in [4.69, 9.17) is 6.57 Å². The number of aromatic nitrogens is 4. The average Bonchev–Trinajstić information content (AvgIpc) is 3.50. The summed E-state index contributed by atoms with van der Waals surface area (Å²) in [7, 11) is 1.53. The second-order valence-electron chi connectivity index (χ2n) is 8.56. The molecule has 0 spiro atoms. The molecule has 10 heteroatoms. The maximum atomic E-state index is 13.8. The Kier molecular flexibility index (Phi) is 5.92. The summed E-state index contributed by atoms with van der Waals surface area (Å²) in [5, 5.41) is 3.35. The van der Waals surface area contributed by atoms with Crippen molar-refractivity contribution in [1.82, 2.24) is 19.5 Å². The number of aryl methyl sites for hydroxylation is 2. The number of benzene rings is 2. The molecule has 2 aromatic heterocycles.